The van der Waals surface area contributed by atoms with Crippen LogP contribution in [0.3, 0.4) is 0 Å². The maximum Gasteiger partial charge on any atom is 0.0903 e. The predicted molar refractivity (Wildman–Crippen MR) is 297 cm³/mol. The molecule has 0 aromatic carbocycles. The Morgan fingerprint density at radius 3 is 0.632 bits per heavy atom. The van der Waals surface area contributed by atoms with Crippen molar-refractivity contribution in [3.63, 3.8) is 0 Å². The second-order valence-corrected chi connectivity index (χ2v) is 124. The average molecular weight is 1040 g/mol. The minimum atomic E-state index is -2.40. The fraction of sp³-hybridized carbons (Fsp3) is 1.00. The van der Waals surface area contributed by atoms with Gasteiger partial charge in [-0.05, 0) is 60.5 Å². The molecule has 0 nitrogen and oxygen atoms in total. The van der Waals surface area contributed by atoms with E-state index in [2.05, 4.69) is 271 Å². The molecule has 339 valence electrons. The first-order valence-electron chi connectivity index (χ1n) is 23.2. The Morgan fingerprint density at radius 2 is 0.491 bits per heavy atom. The lowest BCUT2D eigenvalue weighted by Crippen LogP contribution is -2.86. The van der Waals surface area contributed by atoms with Gasteiger partial charge in [0.25, 0.3) is 0 Å². The number of halogens is 1. The van der Waals surface area contributed by atoms with Crippen LogP contribution in [0.25, 0.3) is 0 Å². The zero-order chi connectivity index (χ0) is 47.3. The quantitative estimate of drug-likeness (QED) is 0.146. The first-order valence-corrected chi connectivity index (χ1v) is 48.8. The molecule has 0 aliphatic carbocycles. The van der Waals surface area contributed by atoms with E-state index >= 15 is 0 Å². The fourth-order valence-corrected chi connectivity index (χ4v) is 513. The molecule has 1 heterocycles. The number of rotatable bonds is 5. The molecule has 0 aromatic heterocycles. The summed E-state index contributed by atoms with van der Waals surface area (Å²) in [5.41, 5.74) is 0. The largest absolute Gasteiger partial charge is 0.130 e. The topological polar surface area (TPSA) is 0 Å². The van der Waals surface area contributed by atoms with Crippen molar-refractivity contribution in [2.75, 3.05) is 0 Å². The van der Waals surface area contributed by atoms with Crippen LogP contribution in [0.1, 0.15) is 249 Å². The molecule has 1 saturated heterocycles. The lowest BCUT2D eigenvalue weighted by molar-refractivity contribution is 0.551. The summed E-state index contributed by atoms with van der Waals surface area (Å²) in [6.07, 6.45) is -2.34. The van der Waals surface area contributed by atoms with Crippen molar-refractivity contribution in [2.24, 2.45) is 0 Å². The van der Waals surface area contributed by atoms with Crippen molar-refractivity contribution in [2.45, 2.75) is 310 Å². The Labute approximate surface area is 384 Å². The van der Waals surface area contributed by atoms with Gasteiger partial charge in [-0.3, -0.25) is 0 Å². The fourth-order valence-electron chi connectivity index (χ4n) is 20.8. The van der Waals surface area contributed by atoms with Gasteiger partial charge in [-0.25, -0.2) is 0 Å². The van der Waals surface area contributed by atoms with Gasteiger partial charge in [-0.15, -0.1) is 21.8 Å². The summed E-state index contributed by atoms with van der Waals surface area (Å²) >= 11 is 3.78. The Bertz CT molecular complexity index is 1300. The molecule has 0 saturated carbocycles. The monoisotopic (exact) mass is 1040 g/mol. The van der Waals surface area contributed by atoms with Gasteiger partial charge < -0.3 is 0 Å². The van der Waals surface area contributed by atoms with Crippen LogP contribution in [0, 0.1) is 0 Å². The molecule has 1 rings (SSSR count). The van der Waals surface area contributed by atoms with Gasteiger partial charge in [0, 0.05) is 22.0 Å². The van der Waals surface area contributed by atoms with Crippen LogP contribution < -0.4 is 0 Å². The zero-order valence-corrected chi connectivity index (χ0v) is 56.5. The van der Waals surface area contributed by atoms with Crippen LogP contribution in [0.2, 0.25) is 60.5 Å². The van der Waals surface area contributed by atoms with E-state index in [-0.39, 0.29) is 60.5 Å². The van der Waals surface area contributed by atoms with Crippen molar-refractivity contribution >= 4 is 78.3 Å². The molecule has 1 aliphatic heterocycles. The molecule has 9 heteroatoms. The molecule has 2 atom stereocenters. The number of hydrogen-bond acceptors (Lipinski definition) is 0. The first-order chi connectivity index (χ1) is 23.8. The third-order valence-electron chi connectivity index (χ3n) is 16.5. The summed E-state index contributed by atoms with van der Waals surface area (Å²) in [6.45, 7) is 102. The van der Waals surface area contributed by atoms with Gasteiger partial charge in [-0.2, -0.15) is 0 Å². The average Bonchev–Trinajstić information content (AvgIpc) is 3.23. The van der Waals surface area contributed by atoms with E-state index in [0.717, 1.165) is 0 Å². The van der Waals surface area contributed by atoms with Crippen LogP contribution in [-0.4, -0.2) is 56.5 Å². The van der Waals surface area contributed by atoms with E-state index < -0.39 is 48.0 Å². The second kappa shape index (κ2) is 14.7. The van der Waals surface area contributed by atoms with Crippen molar-refractivity contribution in [3.8, 4) is 0 Å². The first kappa shape index (κ1) is 57.5. The van der Waals surface area contributed by atoms with Crippen LogP contribution in [0.5, 0.6) is 0 Å². The standard InChI is InChI=1S/C48H108ISi8/c1-37(2,3)52(38(4,5)6,39(7,8)9)50-57(55(46(28,29)30,47(31,32)33)48(34,35)36)51(53(40(10,11)12,41(13,14)15)42(16,17)18)56(57,49)54(43(19,20)21,44(22,23)24)45(25,26)27/h1-36H3/t56-,57-/m0/s1. The molecule has 1 aliphatic rings. The highest BCUT2D eigenvalue weighted by atomic mass is 127. The molecule has 3 radical (unpaired) electrons. The van der Waals surface area contributed by atoms with E-state index in [0.29, 0.717) is 0 Å². The number of hydrogen-bond donors (Lipinski definition) is 0. The maximum absolute atomic E-state index is 3.78. The van der Waals surface area contributed by atoms with E-state index in [1.807, 2.05) is 0 Å². The predicted octanol–water partition coefficient (Wildman–Crippen LogP) is 18.9. The van der Waals surface area contributed by atoms with Crippen LogP contribution in [-0.2, 0) is 0 Å². The summed E-state index contributed by atoms with van der Waals surface area (Å²) < 4.78 is -2.26. The highest BCUT2D eigenvalue weighted by molar-refractivity contribution is 14.1. The second-order valence-electron chi connectivity index (χ2n) is 31.9. The van der Waals surface area contributed by atoms with Crippen LogP contribution >= 0.6 is 21.8 Å². The minimum Gasteiger partial charge on any atom is -0.130 e. The van der Waals surface area contributed by atoms with Gasteiger partial charge >= 0.3 is 0 Å². The summed E-state index contributed by atoms with van der Waals surface area (Å²) in [4.78, 5) is 0. The SMILES string of the molecule is CC(C)(C)[Si]([Si][Si@@]1([Si](C(C)(C)C)(C(C)(C)C)C(C)(C)C)[Si]([Si](C(C)(C)C)(C(C)(C)C)C(C)(C)C)[Si@@]1(I)[Si](C(C)(C)C)(C(C)(C)C)C(C)(C)C)(C(C)(C)C)C(C)(C)C. The third kappa shape index (κ3) is 7.33. The zero-order valence-electron chi connectivity index (χ0n) is 46.4. The van der Waals surface area contributed by atoms with Crippen LogP contribution in [0.15, 0.2) is 0 Å². The summed E-state index contributed by atoms with van der Waals surface area (Å²) in [7, 11) is -8.97. The molecule has 0 aromatic rings. The van der Waals surface area contributed by atoms with Gasteiger partial charge in [0.1, 0.15) is 0 Å². The van der Waals surface area contributed by atoms with Gasteiger partial charge in [-0.1, -0.05) is 249 Å². The maximum atomic E-state index is 3.78. The Kier molecular flexibility index (Phi) is 14.9. The van der Waals surface area contributed by atoms with E-state index in [9.17, 15) is 0 Å². The van der Waals surface area contributed by atoms with E-state index in [1.54, 1.807) is 0 Å². The molecule has 0 spiro atoms. The lowest BCUT2D eigenvalue weighted by atomic mass is 10.2. The smallest absolute Gasteiger partial charge is 0.0903 e. The van der Waals surface area contributed by atoms with Crippen molar-refractivity contribution in [1.82, 2.24) is 0 Å². The van der Waals surface area contributed by atoms with Crippen LogP contribution in [0.4, 0.5) is 0 Å². The highest BCUT2D eigenvalue weighted by Gasteiger charge is 3.02. The third-order valence-corrected chi connectivity index (χ3v) is 244. The van der Waals surface area contributed by atoms with E-state index in [4.69, 9.17) is 0 Å². The summed E-state index contributed by atoms with van der Waals surface area (Å²) in [6, 6.07) is 0. The minimum absolute atomic E-state index is 0.272. The Balaban J connectivity index is 6.08. The molecular weight excluding hydrogens is 928 g/mol. The van der Waals surface area contributed by atoms with Gasteiger partial charge in [0.2, 0.25) is 0 Å². The molecule has 1 fully saturated rings. The van der Waals surface area contributed by atoms with Crippen molar-refractivity contribution < 1.29 is 0 Å². The summed E-state index contributed by atoms with van der Waals surface area (Å²) in [5.74, 6) is 0. The molecule has 57 heavy (non-hydrogen) atoms. The highest BCUT2D eigenvalue weighted by Crippen LogP contribution is 2.85. The molecule has 0 bridgehead atoms. The molecular formula is C48H108ISi8. The Hall–Kier alpha value is 2.47. The Morgan fingerprint density at radius 1 is 0.298 bits per heavy atom. The molecule has 0 amide bonds. The van der Waals surface area contributed by atoms with E-state index in [1.165, 1.54) is 8.55 Å². The molecule has 0 N–H and O–H groups in total. The van der Waals surface area contributed by atoms with Crippen molar-refractivity contribution in [3.05, 3.63) is 0 Å². The van der Waals surface area contributed by atoms with Gasteiger partial charge in [0.05, 0.1) is 34.5 Å². The molecule has 0 unspecified atom stereocenters. The lowest BCUT2D eigenvalue weighted by Gasteiger charge is -2.71. The van der Waals surface area contributed by atoms with Gasteiger partial charge in [0.15, 0.2) is 0 Å². The summed E-state index contributed by atoms with van der Waals surface area (Å²) in [5, 5.41) is 3.36. The van der Waals surface area contributed by atoms with Crippen molar-refractivity contribution in [1.29, 1.82) is 0 Å². The normalized spacial score (nSPS) is 23.3.